The maximum atomic E-state index is 12.1. The minimum absolute atomic E-state index is 0. The van der Waals surface area contributed by atoms with Gasteiger partial charge < -0.3 is 26.4 Å². The largest absolute Gasteiger partial charge is 0.391 e. The first-order valence-electron chi connectivity index (χ1n) is 8.26. The van der Waals surface area contributed by atoms with Gasteiger partial charge in [0.05, 0.1) is 6.10 Å². The number of hydrogen-bond donors (Lipinski definition) is 5. The maximum absolute atomic E-state index is 12.1. The zero-order valence-electron chi connectivity index (χ0n) is 14.5. The van der Waals surface area contributed by atoms with Crippen molar-refractivity contribution in [2.75, 3.05) is 19.6 Å². The Bertz CT molecular complexity index is 566. The van der Waals surface area contributed by atoms with Gasteiger partial charge in [-0.1, -0.05) is 12.1 Å². The lowest BCUT2D eigenvalue weighted by atomic mass is 10.1. The van der Waals surface area contributed by atoms with Crippen molar-refractivity contribution < 1.29 is 14.7 Å². The van der Waals surface area contributed by atoms with Gasteiger partial charge in [-0.05, 0) is 31.5 Å². The van der Waals surface area contributed by atoms with Gasteiger partial charge in [0.15, 0.2) is 0 Å². The van der Waals surface area contributed by atoms with E-state index in [1.807, 2.05) is 26.0 Å². The van der Waals surface area contributed by atoms with Crippen molar-refractivity contribution in [2.45, 2.75) is 32.5 Å². The summed E-state index contributed by atoms with van der Waals surface area (Å²) in [6, 6.07) is 6.97. The smallest absolute Gasteiger partial charge is 0.315 e. The summed E-state index contributed by atoms with van der Waals surface area (Å²) in [4.78, 5) is 23.6. The second kappa shape index (κ2) is 10.2. The van der Waals surface area contributed by atoms with Crippen LogP contribution < -0.4 is 21.3 Å². The van der Waals surface area contributed by atoms with Crippen LogP contribution in [0.3, 0.4) is 0 Å². The summed E-state index contributed by atoms with van der Waals surface area (Å²) in [6.45, 7) is 5.93. The van der Waals surface area contributed by atoms with E-state index in [4.69, 9.17) is 0 Å². The first-order valence-corrected chi connectivity index (χ1v) is 8.26. The predicted molar refractivity (Wildman–Crippen MR) is 98.9 cm³/mol. The van der Waals surface area contributed by atoms with Gasteiger partial charge in [0.25, 0.3) is 5.91 Å². The Balaban J connectivity index is 0.00000312. The molecule has 1 aliphatic heterocycles. The number of carbonyl (C=O) groups is 2. The number of aliphatic hydroxyl groups is 1. The van der Waals surface area contributed by atoms with Crippen molar-refractivity contribution >= 4 is 24.3 Å². The number of nitrogens with one attached hydrogen (secondary N) is 4. The van der Waals surface area contributed by atoms with Crippen LogP contribution in [-0.4, -0.2) is 48.8 Å². The van der Waals surface area contributed by atoms with E-state index < -0.39 is 6.10 Å². The maximum Gasteiger partial charge on any atom is 0.315 e. The van der Waals surface area contributed by atoms with Crippen LogP contribution in [0.4, 0.5) is 4.79 Å². The molecule has 3 amide bonds. The topological polar surface area (TPSA) is 102 Å². The number of halogens is 1. The SMILES string of the molecule is CC(C)NC(=O)NCc1ccc(C(=O)NCC2CNCC2O)cc1.Cl. The summed E-state index contributed by atoms with van der Waals surface area (Å²) in [5.74, 6) is -0.108. The van der Waals surface area contributed by atoms with E-state index in [2.05, 4.69) is 21.3 Å². The molecule has 2 rings (SSSR count). The summed E-state index contributed by atoms with van der Waals surface area (Å²) < 4.78 is 0. The molecule has 1 fully saturated rings. The van der Waals surface area contributed by atoms with Crippen LogP contribution >= 0.6 is 12.4 Å². The number of urea groups is 1. The highest BCUT2D eigenvalue weighted by Gasteiger charge is 2.25. The van der Waals surface area contributed by atoms with Crippen molar-refractivity contribution in [2.24, 2.45) is 5.92 Å². The van der Waals surface area contributed by atoms with Gasteiger partial charge in [0.1, 0.15) is 0 Å². The van der Waals surface area contributed by atoms with Gasteiger partial charge in [-0.2, -0.15) is 0 Å². The van der Waals surface area contributed by atoms with Crippen LogP contribution in [0.1, 0.15) is 29.8 Å². The molecule has 0 aromatic heterocycles. The molecular formula is C17H27ClN4O3. The number of carbonyl (C=O) groups excluding carboxylic acids is 2. The van der Waals surface area contributed by atoms with Gasteiger partial charge >= 0.3 is 6.03 Å². The average Bonchev–Trinajstić information content (AvgIpc) is 2.95. The summed E-state index contributed by atoms with van der Waals surface area (Å²) in [5, 5.41) is 21.2. The van der Waals surface area contributed by atoms with Crippen molar-refractivity contribution in [1.82, 2.24) is 21.3 Å². The lowest BCUT2D eigenvalue weighted by Crippen LogP contribution is -2.39. The number of hydrogen-bond acceptors (Lipinski definition) is 4. The van der Waals surface area contributed by atoms with E-state index >= 15 is 0 Å². The van der Waals surface area contributed by atoms with Crippen LogP contribution in [0.15, 0.2) is 24.3 Å². The van der Waals surface area contributed by atoms with Gasteiger partial charge in [-0.3, -0.25) is 4.79 Å². The molecule has 0 spiro atoms. The van der Waals surface area contributed by atoms with Crippen LogP contribution in [0.5, 0.6) is 0 Å². The molecule has 1 aromatic carbocycles. The van der Waals surface area contributed by atoms with Crippen molar-refractivity contribution in [3.8, 4) is 0 Å². The molecule has 0 aliphatic carbocycles. The fourth-order valence-electron chi connectivity index (χ4n) is 2.52. The van der Waals surface area contributed by atoms with Crippen LogP contribution in [0, 0.1) is 5.92 Å². The molecular weight excluding hydrogens is 344 g/mol. The minimum Gasteiger partial charge on any atom is -0.391 e. The normalized spacial score (nSPS) is 19.2. The molecule has 1 aromatic rings. The van der Waals surface area contributed by atoms with Gasteiger partial charge in [0, 0.05) is 43.7 Å². The summed E-state index contributed by atoms with van der Waals surface area (Å²) in [7, 11) is 0. The Kier molecular flexibility index (Phi) is 8.68. The number of amides is 3. The first-order chi connectivity index (χ1) is 11.5. The highest BCUT2D eigenvalue weighted by molar-refractivity contribution is 5.94. The molecule has 1 saturated heterocycles. The van der Waals surface area contributed by atoms with E-state index in [-0.39, 0.29) is 36.3 Å². The lowest BCUT2D eigenvalue weighted by Gasteiger charge is -2.14. The van der Waals surface area contributed by atoms with Gasteiger partial charge in [0.2, 0.25) is 0 Å². The minimum atomic E-state index is -0.407. The van der Waals surface area contributed by atoms with Crippen molar-refractivity contribution in [3.05, 3.63) is 35.4 Å². The second-order valence-corrected chi connectivity index (χ2v) is 6.37. The quantitative estimate of drug-likeness (QED) is 0.506. The predicted octanol–water partition coefficient (Wildman–Crippen LogP) is 0.626. The Morgan fingerprint density at radius 1 is 1.20 bits per heavy atom. The molecule has 1 heterocycles. The summed E-state index contributed by atoms with van der Waals surface area (Å²) in [5.41, 5.74) is 1.48. The van der Waals surface area contributed by atoms with E-state index in [0.717, 1.165) is 5.56 Å². The van der Waals surface area contributed by atoms with E-state index in [0.29, 0.717) is 31.7 Å². The highest BCUT2D eigenvalue weighted by atomic mass is 35.5. The molecule has 2 unspecified atom stereocenters. The second-order valence-electron chi connectivity index (χ2n) is 6.37. The molecule has 140 valence electrons. The third kappa shape index (κ3) is 6.89. The Morgan fingerprint density at radius 2 is 1.88 bits per heavy atom. The molecule has 0 radical (unpaired) electrons. The molecule has 0 bridgehead atoms. The molecule has 7 nitrogen and oxygen atoms in total. The van der Waals surface area contributed by atoms with Gasteiger partial charge in [-0.15, -0.1) is 12.4 Å². The zero-order valence-corrected chi connectivity index (χ0v) is 15.4. The molecule has 2 atom stereocenters. The van der Waals surface area contributed by atoms with E-state index in [1.165, 1.54) is 0 Å². The Labute approximate surface area is 154 Å². The Morgan fingerprint density at radius 3 is 2.44 bits per heavy atom. The molecule has 1 aliphatic rings. The first kappa shape index (κ1) is 21.2. The van der Waals surface area contributed by atoms with Crippen LogP contribution in [0.2, 0.25) is 0 Å². The average molecular weight is 371 g/mol. The van der Waals surface area contributed by atoms with Crippen LogP contribution in [0.25, 0.3) is 0 Å². The molecule has 25 heavy (non-hydrogen) atoms. The number of aliphatic hydroxyl groups excluding tert-OH is 1. The molecule has 5 N–H and O–H groups in total. The molecule has 0 saturated carbocycles. The fourth-order valence-corrected chi connectivity index (χ4v) is 2.52. The molecule has 8 heteroatoms. The van der Waals surface area contributed by atoms with Gasteiger partial charge in [-0.25, -0.2) is 4.79 Å². The monoisotopic (exact) mass is 370 g/mol. The van der Waals surface area contributed by atoms with E-state index in [1.54, 1.807) is 12.1 Å². The number of benzene rings is 1. The third-order valence-electron chi connectivity index (χ3n) is 3.92. The van der Waals surface area contributed by atoms with E-state index in [9.17, 15) is 14.7 Å². The number of rotatable bonds is 6. The standard InChI is InChI=1S/C17H26N4O3.ClH/c1-11(2)21-17(24)20-7-12-3-5-13(6-4-12)16(23)19-9-14-8-18-10-15(14)22;/h3-6,11,14-15,18,22H,7-10H2,1-2H3,(H,19,23)(H2,20,21,24);1H. The third-order valence-corrected chi connectivity index (χ3v) is 3.92. The van der Waals surface area contributed by atoms with Crippen LogP contribution in [-0.2, 0) is 6.54 Å². The number of β-amino-alcohol motifs (C(OH)–C–C–N with tert-alkyl or cyclic N) is 1. The fraction of sp³-hybridized carbons (Fsp3) is 0.529. The zero-order chi connectivity index (χ0) is 17.5. The van der Waals surface area contributed by atoms with Crippen molar-refractivity contribution in [1.29, 1.82) is 0 Å². The Hall–Kier alpha value is -1.83. The van der Waals surface area contributed by atoms with Crippen molar-refractivity contribution in [3.63, 3.8) is 0 Å². The lowest BCUT2D eigenvalue weighted by molar-refractivity contribution is 0.0927. The summed E-state index contributed by atoms with van der Waals surface area (Å²) >= 11 is 0. The summed E-state index contributed by atoms with van der Waals surface area (Å²) in [6.07, 6.45) is -0.407. The highest BCUT2D eigenvalue weighted by Crippen LogP contribution is 2.08.